The van der Waals surface area contributed by atoms with E-state index < -0.39 is 17.9 Å². The summed E-state index contributed by atoms with van der Waals surface area (Å²) >= 11 is 0. The van der Waals surface area contributed by atoms with Gasteiger partial charge in [-0.25, -0.2) is 19.2 Å². The Hall–Kier alpha value is -6.82. The van der Waals surface area contributed by atoms with Crippen molar-refractivity contribution in [3.8, 4) is 28.4 Å². The molecule has 0 saturated heterocycles. The Morgan fingerprint density at radius 1 is 0.552 bits per heavy atom. The van der Waals surface area contributed by atoms with Gasteiger partial charge in [0.1, 0.15) is 17.2 Å². The zero-order valence-electron chi connectivity index (χ0n) is 39.8. The van der Waals surface area contributed by atoms with E-state index in [1.165, 1.54) is 12.2 Å². The molecule has 4 aromatic rings. The zero-order chi connectivity index (χ0) is 49.1. The van der Waals surface area contributed by atoms with Gasteiger partial charge in [0.2, 0.25) is 0 Å². The minimum Gasteiger partial charge on any atom is -0.494 e. The second-order valence-corrected chi connectivity index (χ2v) is 14.7. The predicted molar refractivity (Wildman–Crippen MR) is 268 cm³/mol. The van der Waals surface area contributed by atoms with Crippen LogP contribution in [0.25, 0.3) is 16.7 Å². The van der Waals surface area contributed by atoms with Gasteiger partial charge in [-0.05, 0) is 142 Å². The van der Waals surface area contributed by atoms with Crippen molar-refractivity contribution in [2.45, 2.75) is 79.1 Å². The van der Waals surface area contributed by atoms with Crippen molar-refractivity contribution in [3.05, 3.63) is 169 Å². The van der Waals surface area contributed by atoms with E-state index in [1.54, 1.807) is 48.5 Å². The molecule has 4 aromatic carbocycles. The fourth-order valence-electron chi connectivity index (χ4n) is 5.81. The van der Waals surface area contributed by atoms with Gasteiger partial charge in [0.05, 0.1) is 37.6 Å². The highest BCUT2D eigenvalue weighted by molar-refractivity contribution is 5.92. The van der Waals surface area contributed by atoms with Gasteiger partial charge in [-0.15, -0.1) is 0 Å². The number of allylic oxidation sites excluding steroid dienone is 3. The van der Waals surface area contributed by atoms with Crippen LogP contribution in [0.4, 0.5) is 0 Å². The Labute approximate surface area is 398 Å². The SMILES string of the molecule is C=C(C)CN.C=CC(=O)OCCCCCCOC/C=C\C(=C/C)c1ccc(C(=O)Oc2ccc(OC(=O)c3ccc(-c4ccc(OCCCCCCOC(=O)C=C)cc4)cc3)cc2)cc1.CC. The number of unbranched alkanes of at least 4 members (excludes halogenated alkanes) is 6. The molecule has 0 heterocycles. The molecule has 0 saturated carbocycles. The monoisotopic (exact) mass is 915 g/mol. The van der Waals surface area contributed by atoms with Crippen LogP contribution in [-0.4, -0.2) is 63.5 Å². The van der Waals surface area contributed by atoms with Crippen LogP contribution < -0.4 is 19.9 Å². The Kier molecular flexibility index (Phi) is 29.0. The predicted octanol–water partition coefficient (Wildman–Crippen LogP) is 12.3. The van der Waals surface area contributed by atoms with Gasteiger partial charge in [0.15, 0.2) is 0 Å². The fourth-order valence-corrected chi connectivity index (χ4v) is 5.81. The van der Waals surface area contributed by atoms with Crippen molar-refractivity contribution in [3.63, 3.8) is 0 Å². The van der Waals surface area contributed by atoms with E-state index >= 15 is 0 Å². The van der Waals surface area contributed by atoms with E-state index in [0.29, 0.717) is 62.2 Å². The third-order valence-electron chi connectivity index (χ3n) is 9.49. The smallest absolute Gasteiger partial charge is 0.343 e. The van der Waals surface area contributed by atoms with Crippen molar-refractivity contribution in [1.82, 2.24) is 0 Å². The average Bonchev–Trinajstić information content (AvgIpc) is 3.36. The minimum atomic E-state index is -0.509. The lowest BCUT2D eigenvalue weighted by molar-refractivity contribution is -0.138. The van der Waals surface area contributed by atoms with Crippen molar-refractivity contribution >= 4 is 29.5 Å². The van der Waals surface area contributed by atoms with Crippen LogP contribution >= 0.6 is 0 Å². The summed E-state index contributed by atoms with van der Waals surface area (Å²) in [4.78, 5) is 47.9. The van der Waals surface area contributed by atoms with Gasteiger partial charge in [-0.3, -0.25) is 0 Å². The number of esters is 4. The van der Waals surface area contributed by atoms with Crippen LogP contribution in [0.15, 0.2) is 153 Å². The van der Waals surface area contributed by atoms with E-state index in [2.05, 4.69) is 19.7 Å². The molecule has 0 aliphatic rings. The molecule has 0 aliphatic carbocycles. The molecule has 4 rings (SSSR count). The molecule has 0 bridgehead atoms. The molecular formula is C56H69NO10. The van der Waals surface area contributed by atoms with E-state index in [0.717, 1.165) is 85.0 Å². The second-order valence-electron chi connectivity index (χ2n) is 14.7. The number of hydrogen-bond acceptors (Lipinski definition) is 11. The summed E-state index contributed by atoms with van der Waals surface area (Å²) in [6.45, 7) is 21.3. The van der Waals surface area contributed by atoms with E-state index in [9.17, 15) is 19.2 Å². The van der Waals surface area contributed by atoms with Crippen LogP contribution in [0.2, 0.25) is 0 Å². The van der Waals surface area contributed by atoms with Crippen molar-refractivity contribution in [1.29, 1.82) is 0 Å². The third kappa shape index (κ3) is 23.8. The van der Waals surface area contributed by atoms with Gasteiger partial charge >= 0.3 is 23.9 Å². The Morgan fingerprint density at radius 2 is 0.940 bits per heavy atom. The first-order valence-electron chi connectivity index (χ1n) is 22.9. The molecule has 0 fully saturated rings. The highest BCUT2D eigenvalue weighted by Crippen LogP contribution is 2.25. The molecule has 358 valence electrons. The molecule has 0 spiro atoms. The fraction of sp³-hybridized carbons (Fsp3) is 0.321. The van der Waals surface area contributed by atoms with Gasteiger partial charge in [-0.2, -0.15) is 0 Å². The molecule has 0 amide bonds. The molecule has 0 unspecified atom stereocenters. The van der Waals surface area contributed by atoms with Crippen LogP contribution in [0.5, 0.6) is 17.2 Å². The maximum absolute atomic E-state index is 12.9. The number of carbonyl (C=O) groups excluding carboxylic acids is 4. The molecule has 11 nitrogen and oxygen atoms in total. The summed E-state index contributed by atoms with van der Waals surface area (Å²) in [5, 5.41) is 0. The lowest BCUT2D eigenvalue weighted by Crippen LogP contribution is -2.09. The highest BCUT2D eigenvalue weighted by Gasteiger charge is 2.12. The summed E-state index contributed by atoms with van der Waals surface area (Å²) in [7, 11) is 0. The minimum absolute atomic E-state index is 0.316. The Balaban J connectivity index is 0.00000206. The van der Waals surface area contributed by atoms with E-state index in [4.69, 9.17) is 34.2 Å². The van der Waals surface area contributed by atoms with Crippen molar-refractivity contribution in [2.75, 3.05) is 39.6 Å². The first-order chi connectivity index (χ1) is 32.6. The first-order valence-corrected chi connectivity index (χ1v) is 22.9. The Morgan fingerprint density at radius 3 is 1.37 bits per heavy atom. The number of benzene rings is 4. The van der Waals surface area contributed by atoms with Crippen molar-refractivity contribution in [2.24, 2.45) is 5.73 Å². The second kappa shape index (κ2) is 34.5. The molecule has 0 radical (unpaired) electrons. The molecule has 0 atom stereocenters. The van der Waals surface area contributed by atoms with Gasteiger partial charge in [0, 0.05) is 25.3 Å². The molecule has 0 aromatic heterocycles. The number of ether oxygens (including phenoxy) is 6. The highest BCUT2D eigenvalue weighted by atomic mass is 16.5. The van der Waals surface area contributed by atoms with Crippen LogP contribution in [0, 0.1) is 0 Å². The lowest BCUT2D eigenvalue weighted by Gasteiger charge is -2.09. The molecule has 11 heteroatoms. The third-order valence-corrected chi connectivity index (χ3v) is 9.49. The molecule has 2 N–H and O–H groups in total. The summed E-state index contributed by atoms with van der Waals surface area (Å²) in [6.07, 6.45) is 15.7. The molecule has 67 heavy (non-hydrogen) atoms. The largest absolute Gasteiger partial charge is 0.494 e. The summed E-state index contributed by atoms with van der Waals surface area (Å²) < 4.78 is 32.7. The van der Waals surface area contributed by atoms with Gasteiger partial charge in [-0.1, -0.05) is 100 Å². The topological polar surface area (TPSA) is 150 Å². The Bertz CT molecular complexity index is 2150. The number of hydrogen-bond donors (Lipinski definition) is 1. The van der Waals surface area contributed by atoms with Crippen LogP contribution in [-0.2, 0) is 23.8 Å². The maximum Gasteiger partial charge on any atom is 0.343 e. The number of nitrogens with two attached hydrogens (primary N) is 1. The molecule has 0 aliphatic heterocycles. The zero-order valence-corrected chi connectivity index (χ0v) is 39.8. The number of rotatable bonds is 27. The maximum atomic E-state index is 12.9. The van der Waals surface area contributed by atoms with Gasteiger partial charge in [0.25, 0.3) is 0 Å². The summed E-state index contributed by atoms with van der Waals surface area (Å²) in [5.41, 5.74) is 10.8. The summed E-state index contributed by atoms with van der Waals surface area (Å²) in [5.74, 6) is -0.384. The first kappa shape index (κ1) is 56.3. The normalized spacial score (nSPS) is 10.6. The van der Waals surface area contributed by atoms with Crippen LogP contribution in [0.1, 0.15) is 105 Å². The summed E-state index contributed by atoms with van der Waals surface area (Å²) in [6, 6.07) is 28.4. The quantitative estimate of drug-likeness (QED) is 0.0152. The standard InChI is InChI=1S/C50H54O10.C4H9N.C2H6/c1-4-38(16-15-34-55-33-11-7-8-13-36-57-47(51)5-2)39-17-21-42(22-18-39)49(53)59-45-29-31-46(32-30-45)60-50(54)43-23-19-40(20-24-43)41-25-27-44(28-26-41)56-35-12-9-10-14-37-58-48(52)6-3;1-4(2)3-5;1-2/h4-6,15-32H,2-3,7-14,33-37H2,1H3;1,3,5H2,2H3;1-2H3/b16-15-,38-4+;;. The van der Waals surface area contributed by atoms with Crippen LogP contribution in [0.3, 0.4) is 0 Å². The van der Waals surface area contributed by atoms with E-state index in [-0.39, 0.29) is 5.97 Å². The molecular weight excluding hydrogens is 847 g/mol. The number of carbonyl (C=O) groups is 4. The van der Waals surface area contributed by atoms with Crippen molar-refractivity contribution < 1.29 is 47.6 Å². The van der Waals surface area contributed by atoms with E-state index in [1.807, 2.05) is 94.5 Å². The lowest BCUT2D eigenvalue weighted by atomic mass is 10.0. The average molecular weight is 916 g/mol. The van der Waals surface area contributed by atoms with Gasteiger partial charge < -0.3 is 34.2 Å².